The van der Waals surface area contributed by atoms with Gasteiger partial charge in [-0.05, 0) is 37.8 Å². The number of rotatable bonds is 5. The Morgan fingerprint density at radius 2 is 1.59 bits per heavy atom. The molecule has 3 N–H and O–H groups in total. The molecule has 2 amide bonds. The first-order chi connectivity index (χ1) is 14.1. The molecule has 0 unspecified atom stereocenters. The number of nitrogens with two attached hydrogens (primary N) is 1. The number of nitrogens with one attached hydrogen (secondary N) is 1. The number of amides is 2. The lowest BCUT2D eigenvalue weighted by atomic mass is 9.95. The van der Waals surface area contributed by atoms with E-state index in [0.29, 0.717) is 11.3 Å². The van der Waals surface area contributed by atoms with Crippen molar-refractivity contribution in [2.75, 3.05) is 41.3 Å². The second kappa shape index (κ2) is 8.46. The molecule has 0 spiro atoms. The summed E-state index contributed by atoms with van der Waals surface area (Å²) in [5.74, 6) is 1.18. The van der Waals surface area contributed by atoms with Crippen LogP contribution in [0.2, 0.25) is 0 Å². The number of para-hydroxylation sites is 1. The first-order valence-corrected chi connectivity index (χ1v) is 10.1. The van der Waals surface area contributed by atoms with E-state index in [9.17, 15) is 9.59 Å². The van der Waals surface area contributed by atoms with E-state index >= 15 is 0 Å². The molecule has 8 heteroatoms. The lowest BCUT2D eigenvalue weighted by molar-refractivity contribution is -0.120. The van der Waals surface area contributed by atoms with Crippen molar-refractivity contribution >= 4 is 29.1 Å². The van der Waals surface area contributed by atoms with Gasteiger partial charge in [0.25, 0.3) is 5.91 Å². The number of hydrogen-bond acceptors (Lipinski definition) is 6. The van der Waals surface area contributed by atoms with Gasteiger partial charge in [-0.2, -0.15) is 0 Å². The Bertz CT molecular complexity index is 888. The molecule has 2 saturated heterocycles. The lowest BCUT2D eigenvalue weighted by Gasteiger charge is -2.32. The summed E-state index contributed by atoms with van der Waals surface area (Å²) < 4.78 is 0. The predicted molar refractivity (Wildman–Crippen MR) is 112 cm³/mol. The predicted octanol–water partition coefficient (Wildman–Crippen LogP) is 2.03. The monoisotopic (exact) mass is 394 g/mol. The first-order valence-electron chi connectivity index (χ1n) is 10.1. The maximum absolute atomic E-state index is 12.7. The van der Waals surface area contributed by atoms with Gasteiger partial charge in [-0.1, -0.05) is 12.1 Å². The zero-order valence-electron chi connectivity index (χ0n) is 16.4. The third-order valence-corrected chi connectivity index (χ3v) is 5.71. The molecule has 3 heterocycles. The van der Waals surface area contributed by atoms with E-state index in [1.165, 1.54) is 12.8 Å². The first kappa shape index (κ1) is 19.2. The molecule has 0 bridgehead atoms. The summed E-state index contributed by atoms with van der Waals surface area (Å²) >= 11 is 0. The van der Waals surface area contributed by atoms with Crippen LogP contribution in [-0.2, 0) is 4.79 Å². The SMILES string of the molecule is NC(=O)c1ccccc1NC(=O)C1CCN(c2cc(N3CCCC3)ncn2)CC1. The fourth-order valence-corrected chi connectivity index (χ4v) is 4.04. The van der Waals surface area contributed by atoms with Crippen molar-refractivity contribution in [3.8, 4) is 0 Å². The number of primary amides is 1. The zero-order valence-corrected chi connectivity index (χ0v) is 16.4. The molecule has 29 heavy (non-hydrogen) atoms. The third-order valence-electron chi connectivity index (χ3n) is 5.71. The summed E-state index contributed by atoms with van der Waals surface area (Å²) in [6.45, 7) is 3.61. The average molecular weight is 394 g/mol. The number of nitrogens with zero attached hydrogens (tertiary/aromatic N) is 4. The Labute approximate surface area is 170 Å². The van der Waals surface area contributed by atoms with Gasteiger partial charge in [0.1, 0.15) is 18.0 Å². The van der Waals surface area contributed by atoms with Crippen LogP contribution < -0.4 is 20.9 Å². The molecule has 0 saturated carbocycles. The highest BCUT2D eigenvalue weighted by molar-refractivity contribution is 6.03. The number of carbonyl (C=O) groups excluding carboxylic acids is 2. The van der Waals surface area contributed by atoms with Gasteiger partial charge in [-0.25, -0.2) is 9.97 Å². The summed E-state index contributed by atoms with van der Waals surface area (Å²) in [4.78, 5) is 37.6. The van der Waals surface area contributed by atoms with Crippen LogP contribution in [0, 0.1) is 5.92 Å². The van der Waals surface area contributed by atoms with Crippen molar-refractivity contribution in [3.63, 3.8) is 0 Å². The average Bonchev–Trinajstić information content (AvgIpc) is 3.29. The Kier molecular flexibility index (Phi) is 5.59. The van der Waals surface area contributed by atoms with Crippen LogP contribution in [0.4, 0.5) is 17.3 Å². The van der Waals surface area contributed by atoms with Gasteiger partial charge in [0, 0.05) is 38.2 Å². The third kappa shape index (κ3) is 4.31. The Morgan fingerprint density at radius 3 is 2.24 bits per heavy atom. The van der Waals surface area contributed by atoms with Crippen LogP contribution in [0.1, 0.15) is 36.0 Å². The number of aromatic nitrogens is 2. The number of carbonyl (C=O) groups is 2. The van der Waals surface area contributed by atoms with Gasteiger partial charge in [-0.3, -0.25) is 9.59 Å². The molecule has 2 fully saturated rings. The summed E-state index contributed by atoms with van der Waals surface area (Å²) in [6, 6.07) is 8.88. The molecule has 0 radical (unpaired) electrons. The Morgan fingerprint density at radius 1 is 0.966 bits per heavy atom. The van der Waals surface area contributed by atoms with Crippen molar-refractivity contribution in [1.29, 1.82) is 0 Å². The molecule has 152 valence electrons. The lowest BCUT2D eigenvalue weighted by Crippen LogP contribution is -2.39. The van der Waals surface area contributed by atoms with E-state index < -0.39 is 5.91 Å². The van der Waals surface area contributed by atoms with Crippen LogP contribution >= 0.6 is 0 Å². The van der Waals surface area contributed by atoms with Crippen LogP contribution in [0.15, 0.2) is 36.7 Å². The quantitative estimate of drug-likeness (QED) is 0.804. The van der Waals surface area contributed by atoms with Gasteiger partial charge in [0.05, 0.1) is 11.3 Å². The van der Waals surface area contributed by atoms with Crippen LogP contribution in [-0.4, -0.2) is 48.0 Å². The van der Waals surface area contributed by atoms with Crippen molar-refractivity contribution in [2.45, 2.75) is 25.7 Å². The highest BCUT2D eigenvalue weighted by Gasteiger charge is 2.27. The van der Waals surface area contributed by atoms with Gasteiger partial charge < -0.3 is 20.9 Å². The fourth-order valence-electron chi connectivity index (χ4n) is 4.04. The fraction of sp³-hybridized carbons (Fsp3) is 0.429. The van der Waals surface area contributed by atoms with Crippen LogP contribution in [0.25, 0.3) is 0 Å². The largest absolute Gasteiger partial charge is 0.366 e. The van der Waals surface area contributed by atoms with Gasteiger partial charge >= 0.3 is 0 Å². The van der Waals surface area contributed by atoms with Gasteiger partial charge in [0.2, 0.25) is 5.91 Å². The molecule has 0 aliphatic carbocycles. The molecule has 8 nitrogen and oxygen atoms in total. The maximum Gasteiger partial charge on any atom is 0.250 e. The van der Waals surface area contributed by atoms with E-state index in [2.05, 4.69) is 31.2 Å². The molecule has 1 aromatic carbocycles. The smallest absolute Gasteiger partial charge is 0.250 e. The molecular formula is C21H26N6O2. The molecule has 4 rings (SSSR count). The molecule has 2 aliphatic rings. The van der Waals surface area contributed by atoms with E-state index in [0.717, 1.165) is 50.7 Å². The minimum Gasteiger partial charge on any atom is -0.366 e. The van der Waals surface area contributed by atoms with Crippen molar-refractivity contribution in [2.24, 2.45) is 11.7 Å². The van der Waals surface area contributed by atoms with E-state index in [1.54, 1.807) is 30.6 Å². The number of piperidine rings is 1. The minimum absolute atomic E-state index is 0.0706. The Balaban J connectivity index is 1.36. The highest BCUT2D eigenvalue weighted by Crippen LogP contribution is 2.26. The standard InChI is InChI=1S/C21H26N6O2/c22-20(28)16-5-1-2-6-17(16)25-21(29)15-7-11-27(12-8-15)19-13-18(23-14-24-19)26-9-3-4-10-26/h1-2,5-6,13-15H,3-4,7-12H2,(H2,22,28)(H,25,29). The van der Waals surface area contributed by atoms with E-state index in [4.69, 9.17) is 5.73 Å². The van der Waals surface area contributed by atoms with Crippen molar-refractivity contribution < 1.29 is 9.59 Å². The van der Waals surface area contributed by atoms with E-state index in [1.807, 2.05) is 0 Å². The Hall–Kier alpha value is -3.16. The number of hydrogen-bond donors (Lipinski definition) is 2. The van der Waals surface area contributed by atoms with E-state index in [-0.39, 0.29) is 11.8 Å². The summed E-state index contributed by atoms with van der Waals surface area (Å²) in [5.41, 5.74) is 6.19. The molecule has 2 aliphatic heterocycles. The van der Waals surface area contributed by atoms with Crippen LogP contribution in [0.3, 0.4) is 0 Å². The second-order valence-electron chi connectivity index (χ2n) is 7.59. The molecule has 2 aromatic rings. The summed E-state index contributed by atoms with van der Waals surface area (Å²) in [6.07, 6.45) is 5.50. The highest BCUT2D eigenvalue weighted by atomic mass is 16.2. The normalized spacial score (nSPS) is 17.4. The summed E-state index contributed by atoms with van der Waals surface area (Å²) in [5, 5.41) is 2.87. The number of anilines is 3. The van der Waals surface area contributed by atoms with Gasteiger partial charge in [-0.15, -0.1) is 0 Å². The van der Waals surface area contributed by atoms with Crippen molar-refractivity contribution in [3.05, 3.63) is 42.2 Å². The topological polar surface area (TPSA) is 104 Å². The minimum atomic E-state index is -0.548. The molecular weight excluding hydrogens is 368 g/mol. The summed E-state index contributed by atoms with van der Waals surface area (Å²) in [7, 11) is 0. The van der Waals surface area contributed by atoms with Crippen molar-refractivity contribution in [1.82, 2.24) is 9.97 Å². The molecule has 0 atom stereocenters. The maximum atomic E-state index is 12.7. The molecule has 1 aromatic heterocycles. The zero-order chi connectivity index (χ0) is 20.2. The van der Waals surface area contributed by atoms with Crippen LogP contribution in [0.5, 0.6) is 0 Å². The van der Waals surface area contributed by atoms with Gasteiger partial charge in [0.15, 0.2) is 0 Å². The number of benzene rings is 1. The second-order valence-corrected chi connectivity index (χ2v) is 7.59.